The first-order chi connectivity index (χ1) is 4.93. The van der Waals surface area contributed by atoms with Crippen molar-refractivity contribution in [1.82, 2.24) is 0 Å². The van der Waals surface area contributed by atoms with E-state index in [2.05, 4.69) is 11.8 Å². The Kier molecular flexibility index (Phi) is 4.23. The molecule has 1 fully saturated rings. The molecule has 0 aromatic heterocycles. The third kappa shape index (κ3) is 2.93. The van der Waals surface area contributed by atoms with Gasteiger partial charge in [-0.05, 0) is 49.7 Å². The van der Waals surface area contributed by atoms with E-state index in [4.69, 9.17) is 5.73 Å². The van der Waals surface area contributed by atoms with Crippen LogP contribution < -0.4 is 5.73 Å². The molecule has 0 amide bonds. The monoisotopic (exact) mass is 159 g/mol. The second-order valence-corrected chi connectivity index (χ2v) is 4.16. The lowest BCUT2D eigenvalue weighted by molar-refractivity contribution is 0.472. The molecule has 0 aromatic rings. The summed E-state index contributed by atoms with van der Waals surface area (Å²) in [4.78, 5) is 0. The lowest BCUT2D eigenvalue weighted by atomic mass is 10.00. The molecule has 1 saturated heterocycles. The highest BCUT2D eigenvalue weighted by Gasteiger charge is 2.12. The normalized spacial score (nSPS) is 26.7. The minimum Gasteiger partial charge on any atom is -0.330 e. The second-order valence-electron chi connectivity index (χ2n) is 3.01. The van der Waals surface area contributed by atoms with Gasteiger partial charge in [0, 0.05) is 0 Å². The number of thioether (sulfide) groups is 1. The highest BCUT2D eigenvalue weighted by atomic mass is 32.2. The minimum atomic E-state index is 0.876. The molecule has 0 aromatic carbocycles. The Hall–Kier alpha value is 0.310. The van der Waals surface area contributed by atoms with E-state index >= 15 is 0 Å². The summed E-state index contributed by atoms with van der Waals surface area (Å²) in [5.41, 5.74) is 5.44. The molecule has 0 saturated carbocycles. The quantitative estimate of drug-likeness (QED) is 0.680. The Bertz CT molecular complexity index is 79.3. The van der Waals surface area contributed by atoms with Crippen molar-refractivity contribution in [2.75, 3.05) is 18.1 Å². The van der Waals surface area contributed by atoms with Crippen LogP contribution in [0.4, 0.5) is 0 Å². The van der Waals surface area contributed by atoms with Crippen molar-refractivity contribution in [3.63, 3.8) is 0 Å². The maximum Gasteiger partial charge on any atom is -0.00391 e. The first-order valence-electron chi connectivity index (χ1n) is 4.21. The van der Waals surface area contributed by atoms with Crippen molar-refractivity contribution in [2.24, 2.45) is 11.7 Å². The van der Waals surface area contributed by atoms with Crippen molar-refractivity contribution in [3.05, 3.63) is 0 Å². The van der Waals surface area contributed by atoms with Gasteiger partial charge >= 0.3 is 0 Å². The molecule has 2 N–H and O–H groups in total. The van der Waals surface area contributed by atoms with Crippen LogP contribution in [-0.2, 0) is 0 Å². The van der Waals surface area contributed by atoms with Gasteiger partial charge in [-0.25, -0.2) is 0 Å². The molecule has 1 atom stereocenters. The molecule has 1 aliphatic rings. The van der Waals surface area contributed by atoms with Gasteiger partial charge in [0.2, 0.25) is 0 Å². The van der Waals surface area contributed by atoms with E-state index in [1.165, 1.54) is 37.2 Å². The van der Waals surface area contributed by atoms with Crippen LogP contribution in [0.2, 0.25) is 0 Å². The fourth-order valence-electron chi connectivity index (χ4n) is 1.44. The summed E-state index contributed by atoms with van der Waals surface area (Å²) in [6.07, 6.45) is 5.47. The molecule has 0 bridgehead atoms. The van der Waals surface area contributed by atoms with E-state index in [1.54, 1.807) is 0 Å². The van der Waals surface area contributed by atoms with E-state index in [0.29, 0.717) is 0 Å². The molecular weight excluding hydrogens is 142 g/mol. The maximum absolute atomic E-state index is 5.44. The minimum absolute atomic E-state index is 0.876. The van der Waals surface area contributed by atoms with Gasteiger partial charge in [0.05, 0.1) is 0 Å². The average Bonchev–Trinajstić information content (AvgIpc) is 2.03. The van der Waals surface area contributed by atoms with Gasteiger partial charge in [-0.2, -0.15) is 11.8 Å². The van der Waals surface area contributed by atoms with Gasteiger partial charge in [-0.1, -0.05) is 0 Å². The van der Waals surface area contributed by atoms with Crippen LogP contribution in [0.3, 0.4) is 0 Å². The predicted octanol–water partition coefficient (Wildman–Crippen LogP) is 1.87. The molecule has 1 nitrogen and oxygen atoms in total. The number of hydrogen-bond donors (Lipinski definition) is 1. The molecule has 1 heterocycles. The molecule has 0 radical (unpaired) electrons. The van der Waals surface area contributed by atoms with Crippen molar-refractivity contribution < 1.29 is 0 Å². The summed E-state index contributed by atoms with van der Waals surface area (Å²) in [7, 11) is 0. The highest BCUT2D eigenvalue weighted by Crippen LogP contribution is 2.25. The molecule has 2 heteroatoms. The Morgan fingerprint density at radius 1 is 1.50 bits per heavy atom. The maximum atomic E-state index is 5.44. The molecular formula is C8H17NS. The standard InChI is InChI=1S/C8H17NS/c9-5-1-3-8-4-2-6-10-7-8/h8H,1-7,9H2. The lowest BCUT2D eigenvalue weighted by Gasteiger charge is -2.20. The smallest absolute Gasteiger partial charge is 0.00391 e. The molecule has 1 unspecified atom stereocenters. The van der Waals surface area contributed by atoms with Crippen LogP contribution in [0.15, 0.2) is 0 Å². The van der Waals surface area contributed by atoms with E-state index in [1.807, 2.05) is 0 Å². The number of rotatable bonds is 3. The SMILES string of the molecule is NCCCC1CCCSC1. The summed E-state index contributed by atoms with van der Waals surface area (Å²) in [5.74, 6) is 3.77. The Morgan fingerprint density at radius 2 is 2.40 bits per heavy atom. The predicted molar refractivity (Wildman–Crippen MR) is 48.3 cm³/mol. The fraction of sp³-hybridized carbons (Fsp3) is 1.00. The molecule has 0 aliphatic carbocycles. The summed E-state index contributed by atoms with van der Waals surface area (Å²) in [5, 5.41) is 0. The van der Waals surface area contributed by atoms with Gasteiger partial charge in [0.15, 0.2) is 0 Å². The highest BCUT2D eigenvalue weighted by molar-refractivity contribution is 7.99. The number of nitrogens with two attached hydrogens (primary N) is 1. The first kappa shape index (κ1) is 8.41. The zero-order valence-corrected chi connectivity index (χ0v) is 7.33. The van der Waals surface area contributed by atoms with Gasteiger partial charge in [-0.15, -0.1) is 0 Å². The lowest BCUT2D eigenvalue weighted by Crippen LogP contribution is -2.12. The molecule has 1 rings (SSSR count). The summed E-state index contributed by atoms with van der Waals surface area (Å²) >= 11 is 2.11. The van der Waals surface area contributed by atoms with Gasteiger partial charge in [0.1, 0.15) is 0 Å². The summed E-state index contributed by atoms with van der Waals surface area (Å²) in [6, 6.07) is 0. The Labute approximate surface area is 67.8 Å². The Morgan fingerprint density at radius 3 is 3.00 bits per heavy atom. The van der Waals surface area contributed by atoms with Crippen LogP contribution in [0.1, 0.15) is 25.7 Å². The topological polar surface area (TPSA) is 26.0 Å². The van der Waals surface area contributed by atoms with Crippen LogP contribution in [0.5, 0.6) is 0 Å². The van der Waals surface area contributed by atoms with Gasteiger partial charge in [0.25, 0.3) is 0 Å². The van der Waals surface area contributed by atoms with Crippen LogP contribution in [0, 0.1) is 5.92 Å². The van der Waals surface area contributed by atoms with E-state index < -0.39 is 0 Å². The van der Waals surface area contributed by atoms with Crippen LogP contribution in [-0.4, -0.2) is 18.1 Å². The van der Waals surface area contributed by atoms with E-state index in [-0.39, 0.29) is 0 Å². The van der Waals surface area contributed by atoms with Gasteiger partial charge in [-0.3, -0.25) is 0 Å². The fourth-order valence-corrected chi connectivity index (χ4v) is 2.65. The summed E-state index contributed by atoms with van der Waals surface area (Å²) < 4.78 is 0. The average molecular weight is 159 g/mol. The molecule has 1 aliphatic heterocycles. The van der Waals surface area contributed by atoms with E-state index in [0.717, 1.165) is 12.5 Å². The molecule has 0 spiro atoms. The third-order valence-electron chi connectivity index (χ3n) is 2.07. The second kappa shape index (κ2) is 5.03. The first-order valence-corrected chi connectivity index (χ1v) is 5.37. The number of hydrogen-bond acceptors (Lipinski definition) is 2. The zero-order chi connectivity index (χ0) is 7.23. The van der Waals surface area contributed by atoms with Crippen molar-refractivity contribution >= 4 is 11.8 Å². The largest absolute Gasteiger partial charge is 0.330 e. The van der Waals surface area contributed by atoms with E-state index in [9.17, 15) is 0 Å². The van der Waals surface area contributed by atoms with Crippen molar-refractivity contribution in [1.29, 1.82) is 0 Å². The van der Waals surface area contributed by atoms with Crippen molar-refractivity contribution in [3.8, 4) is 0 Å². The molecule has 60 valence electrons. The van der Waals surface area contributed by atoms with Crippen LogP contribution in [0.25, 0.3) is 0 Å². The summed E-state index contributed by atoms with van der Waals surface area (Å²) in [6.45, 7) is 0.876. The molecule has 10 heavy (non-hydrogen) atoms. The van der Waals surface area contributed by atoms with Crippen LogP contribution >= 0.6 is 11.8 Å². The third-order valence-corrected chi connectivity index (χ3v) is 3.36. The zero-order valence-electron chi connectivity index (χ0n) is 6.51. The van der Waals surface area contributed by atoms with Gasteiger partial charge < -0.3 is 5.73 Å². The Balaban J connectivity index is 2.02. The van der Waals surface area contributed by atoms with Crippen molar-refractivity contribution in [2.45, 2.75) is 25.7 Å².